The van der Waals surface area contributed by atoms with Crippen LogP contribution >= 0.6 is 0 Å². The molecule has 0 unspecified atom stereocenters. The average molecular weight is 422 g/mol. The Hall–Kier alpha value is -3.28. The number of aryl methyl sites for hydroxylation is 2. The highest BCUT2D eigenvalue weighted by Crippen LogP contribution is 2.20. The van der Waals surface area contributed by atoms with Gasteiger partial charge in [0.2, 0.25) is 5.91 Å². The molecular weight excluding hydrogens is 390 g/mol. The van der Waals surface area contributed by atoms with Gasteiger partial charge in [-0.25, -0.2) is 4.98 Å². The van der Waals surface area contributed by atoms with Crippen molar-refractivity contribution in [2.45, 2.75) is 38.6 Å². The topological polar surface area (TPSA) is 65.4 Å². The summed E-state index contributed by atoms with van der Waals surface area (Å²) in [6, 6.07) is 15.9. The van der Waals surface area contributed by atoms with Crippen LogP contribution in [0.15, 0.2) is 61.2 Å². The molecule has 0 spiro atoms. The first-order chi connectivity index (χ1) is 15.2. The predicted molar refractivity (Wildman–Crippen MR) is 124 cm³/mol. The van der Waals surface area contributed by atoms with Crippen LogP contribution in [0.4, 0.5) is 0 Å². The lowest BCUT2D eigenvalue weighted by atomic mass is 10.2. The van der Waals surface area contributed by atoms with Gasteiger partial charge in [0.15, 0.2) is 0 Å². The van der Waals surface area contributed by atoms with E-state index in [1.807, 2.05) is 30.3 Å². The van der Waals surface area contributed by atoms with Crippen LogP contribution in [0.25, 0.3) is 11.0 Å². The average Bonchev–Trinajstić information content (AvgIpc) is 3.16. The quantitative estimate of drug-likeness (QED) is 0.325. The lowest BCUT2D eigenvalue weighted by Crippen LogP contribution is -2.21. The highest BCUT2D eigenvalue weighted by atomic mass is 16.5. The predicted octanol–water partition coefficient (Wildman–Crippen LogP) is 4.53. The van der Waals surface area contributed by atoms with Crippen LogP contribution in [0.3, 0.4) is 0 Å². The van der Waals surface area contributed by atoms with E-state index >= 15 is 0 Å². The smallest absolute Gasteiger partial charge is 0.243 e. The van der Waals surface area contributed by atoms with Gasteiger partial charge in [-0.3, -0.25) is 4.79 Å². The zero-order chi connectivity index (χ0) is 21.9. The molecule has 31 heavy (non-hydrogen) atoms. The van der Waals surface area contributed by atoms with E-state index in [1.165, 1.54) is 11.6 Å². The summed E-state index contributed by atoms with van der Waals surface area (Å²) in [5.74, 6) is 2.67. The molecule has 0 atom stereocenters. The van der Waals surface area contributed by atoms with Crippen LogP contribution < -0.4 is 14.8 Å². The largest absolute Gasteiger partial charge is 0.497 e. The van der Waals surface area contributed by atoms with Crippen molar-refractivity contribution in [3.05, 3.63) is 67.0 Å². The number of unbranched alkanes of at least 4 members (excludes halogenated alkanes) is 2. The summed E-state index contributed by atoms with van der Waals surface area (Å²) in [5.41, 5.74) is 2.20. The summed E-state index contributed by atoms with van der Waals surface area (Å²) in [4.78, 5) is 16.0. The van der Waals surface area contributed by atoms with Gasteiger partial charge >= 0.3 is 0 Å². The molecule has 6 heteroatoms. The second kappa shape index (κ2) is 11.8. The number of aromatic nitrogens is 2. The maximum absolute atomic E-state index is 11.2. The Balaban J connectivity index is 1.51. The molecule has 0 radical (unpaired) electrons. The van der Waals surface area contributed by atoms with Crippen LogP contribution in [0.2, 0.25) is 0 Å². The van der Waals surface area contributed by atoms with Crippen molar-refractivity contribution >= 4 is 16.9 Å². The molecule has 3 rings (SSSR count). The van der Waals surface area contributed by atoms with Crippen LogP contribution in [0.5, 0.6) is 11.5 Å². The number of rotatable bonds is 13. The van der Waals surface area contributed by atoms with Gasteiger partial charge in [0.1, 0.15) is 17.3 Å². The number of para-hydroxylation sites is 2. The van der Waals surface area contributed by atoms with Crippen molar-refractivity contribution in [2.24, 2.45) is 0 Å². The summed E-state index contributed by atoms with van der Waals surface area (Å²) < 4.78 is 13.4. The fourth-order valence-corrected chi connectivity index (χ4v) is 3.52. The van der Waals surface area contributed by atoms with E-state index in [0.29, 0.717) is 13.2 Å². The van der Waals surface area contributed by atoms with Gasteiger partial charge in [-0.2, -0.15) is 0 Å². The van der Waals surface area contributed by atoms with E-state index < -0.39 is 0 Å². The van der Waals surface area contributed by atoms with Crippen molar-refractivity contribution in [1.82, 2.24) is 14.9 Å². The Morgan fingerprint density at radius 3 is 2.61 bits per heavy atom. The van der Waals surface area contributed by atoms with Crippen molar-refractivity contribution in [1.29, 1.82) is 0 Å². The molecule has 0 aliphatic rings. The number of nitrogens with zero attached hydrogens (tertiary/aromatic N) is 2. The Morgan fingerprint density at radius 1 is 1.06 bits per heavy atom. The van der Waals surface area contributed by atoms with E-state index in [0.717, 1.165) is 61.5 Å². The normalized spacial score (nSPS) is 10.7. The standard InChI is InChI=1S/C25H31N3O3/c1-3-25(29)26-17-8-4-5-12-24-27-22-10-6-7-11-23(22)28(24)18-9-19-31-21-15-13-20(30-2)14-16-21/h3,6-7,10-11,13-16H,1,4-5,8-9,12,17-19H2,2H3,(H,26,29). The number of imidazole rings is 1. The third-order valence-electron chi connectivity index (χ3n) is 5.15. The van der Waals surface area contributed by atoms with Crippen molar-refractivity contribution in [3.63, 3.8) is 0 Å². The highest BCUT2D eigenvalue weighted by Gasteiger charge is 2.10. The number of nitrogens with one attached hydrogen (secondary N) is 1. The Labute approximate surface area is 183 Å². The summed E-state index contributed by atoms with van der Waals surface area (Å²) in [7, 11) is 1.66. The van der Waals surface area contributed by atoms with E-state index in [9.17, 15) is 4.79 Å². The number of carbonyl (C=O) groups is 1. The van der Waals surface area contributed by atoms with Crippen LogP contribution in [-0.4, -0.2) is 35.7 Å². The molecular formula is C25H31N3O3. The van der Waals surface area contributed by atoms with Gasteiger partial charge in [-0.15, -0.1) is 0 Å². The van der Waals surface area contributed by atoms with E-state index in [4.69, 9.17) is 14.5 Å². The monoisotopic (exact) mass is 421 g/mol. The Kier molecular flexibility index (Phi) is 8.52. The molecule has 1 heterocycles. The number of ether oxygens (including phenoxy) is 2. The summed E-state index contributed by atoms with van der Waals surface area (Å²) in [6.45, 7) is 5.65. The molecule has 0 aliphatic heterocycles. The van der Waals surface area contributed by atoms with Gasteiger partial charge in [-0.05, 0) is 61.7 Å². The highest BCUT2D eigenvalue weighted by molar-refractivity contribution is 5.86. The van der Waals surface area contributed by atoms with Gasteiger partial charge in [-0.1, -0.05) is 25.1 Å². The van der Waals surface area contributed by atoms with E-state index in [-0.39, 0.29) is 5.91 Å². The summed E-state index contributed by atoms with van der Waals surface area (Å²) in [5, 5.41) is 2.82. The second-order valence-corrected chi connectivity index (χ2v) is 7.35. The lowest BCUT2D eigenvalue weighted by molar-refractivity contribution is -0.116. The first kappa shape index (κ1) is 22.4. The first-order valence-corrected chi connectivity index (χ1v) is 10.8. The minimum atomic E-state index is -0.112. The van der Waals surface area contributed by atoms with Crippen molar-refractivity contribution < 1.29 is 14.3 Å². The maximum atomic E-state index is 11.2. The molecule has 0 saturated heterocycles. The minimum Gasteiger partial charge on any atom is -0.497 e. The minimum absolute atomic E-state index is 0.112. The van der Waals surface area contributed by atoms with Gasteiger partial charge in [0.25, 0.3) is 0 Å². The summed E-state index contributed by atoms with van der Waals surface area (Å²) >= 11 is 0. The number of amides is 1. The van der Waals surface area contributed by atoms with Gasteiger partial charge in [0, 0.05) is 19.5 Å². The number of fused-ring (bicyclic) bond motifs is 1. The number of hydrogen-bond acceptors (Lipinski definition) is 4. The van der Waals surface area contributed by atoms with Crippen LogP contribution in [0.1, 0.15) is 31.5 Å². The molecule has 0 aliphatic carbocycles. The molecule has 3 aromatic rings. The van der Waals surface area contributed by atoms with Crippen LogP contribution in [-0.2, 0) is 17.8 Å². The third kappa shape index (κ3) is 6.60. The molecule has 164 valence electrons. The molecule has 1 amide bonds. The second-order valence-electron chi connectivity index (χ2n) is 7.35. The van der Waals surface area contributed by atoms with E-state index in [2.05, 4.69) is 34.7 Å². The maximum Gasteiger partial charge on any atom is 0.243 e. The van der Waals surface area contributed by atoms with Crippen LogP contribution in [0, 0.1) is 0 Å². The fourth-order valence-electron chi connectivity index (χ4n) is 3.52. The fraction of sp³-hybridized carbons (Fsp3) is 0.360. The molecule has 0 bridgehead atoms. The van der Waals surface area contributed by atoms with Crippen molar-refractivity contribution in [2.75, 3.05) is 20.3 Å². The van der Waals surface area contributed by atoms with Gasteiger partial charge < -0.3 is 19.4 Å². The SMILES string of the molecule is C=CC(=O)NCCCCCc1nc2ccccc2n1CCCOc1ccc(OC)cc1. The molecule has 2 aromatic carbocycles. The first-order valence-electron chi connectivity index (χ1n) is 10.8. The Bertz CT molecular complexity index is 979. The van der Waals surface area contributed by atoms with Crippen molar-refractivity contribution in [3.8, 4) is 11.5 Å². The molecule has 1 aromatic heterocycles. The summed E-state index contributed by atoms with van der Waals surface area (Å²) in [6.07, 6.45) is 6.16. The molecule has 6 nitrogen and oxygen atoms in total. The lowest BCUT2D eigenvalue weighted by Gasteiger charge is -2.11. The zero-order valence-electron chi connectivity index (χ0n) is 18.2. The number of hydrogen-bond donors (Lipinski definition) is 1. The van der Waals surface area contributed by atoms with E-state index in [1.54, 1.807) is 7.11 Å². The number of benzene rings is 2. The Morgan fingerprint density at radius 2 is 1.84 bits per heavy atom. The molecule has 0 saturated carbocycles. The third-order valence-corrected chi connectivity index (χ3v) is 5.15. The van der Waals surface area contributed by atoms with Gasteiger partial charge in [0.05, 0.1) is 24.8 Å². The molecule has 0 fully saturated rings. The molecule has 1 N–H and O–H groups in total. The zero-order valence-corrected chi connectivity index (χ0v) is 18.2. The number of methoxy groups -OCH3 is 1. The number of carbonyl (C=O) groups excluding carboxylic acids is 1.